The molecule has 2 heterocycles. The average molecular weight is 701 g/mol. The number of hydrogen-bond donors (Lipinski definition) is 3. The van der Waals surface area contributed by atoms with Crippen molar-refractivity contribution in [2.24, 2.45) is 0 Å². The van der Waals surface area contributed by atoms with Crippen LogP contribution in [-0.4, -0.2) is 70.4 Å². The molecule has 4 rings (SSSR count). The minimum absolute atomic E-state index is 0.284. The van der Waals surface area contributed by atoms with Gasteiger partial charge < -0.3 is 30.0 Å². The van der Waals surface area contributed by atoms with Crippen LogP contribution in [0.3, 0.4) is 0 Å². The Hall–Kier alpha value is -5.26. The van der Waals surface area contributed by atoms with Gasteiger partial charge in [0.15, 0.2) is 0 Å². The first-order chi connectivity index (χ1) is 24.6. The largest absolute Gasteiger partial charge is 0.508 e. The molecule has 12 heteroatoms. The van der Waals surface area contributed by atoms with Gasteiger partial charge in [0.2, 0.25) is 11.9 Å². The topological polar surface area (TPSA) is 158 Å². The number of benzene rings is 2. The maximum absolute atomic E-state index is 12.1. The van der Waals surface area contributed by atoms with Crippen LogP contribution in [0.2, 0.25) is 0 Å². The highest BCUT2D eigenvalue weighted by Gasteiger charge is 2.20. The lowest BCUT2D eigenvalue weighted by molar-refractivity contribution is 0.0513. The van der Waals surface area contributed by atoms with E-state index in [4.69, 9.17) is 14.2 Å². The van der Waals surface area contributed by atoms with Gasteiger partial charge in [0.05, 0.1) is 43.1 Å². The van der Waals surface area contributed by atoms with Crippen molar-refractivity contribution in [2.75, 3.05) is 44.0 Å². The molecule has 0 spiro atoms. The molecule has 3 N–H and O–H groups in total. The maximum atomic E-state index is 12.1. The predicted molar refractivity (Wildman–Crippen MR) is 199 cm³/mol. The number of aromatic nitrogens is 4. The van der Waals surface area contributed by atoms with Gasteiger partial charge in [-0.25, -0.2) is 29.5 Å². The molecule has 0 aliphatic rings. The molecule has 0 amide bonds. The number of anilines is 2. The number of carbonyl (C=O) groups excluding carboxylic acids is 2. The van der Waals surface area contributed by atoms with Gasteiger partial charge in [0, 0.05) is 13.1 Å². The van der Waals surface area contributed by atoms with Crippen LogP contribution in [-0.2, 0) is 35.2 Å². The standard InChI is InChI=1S/C20H27N3O3.C19H25N3O3/c1-5-17-18(19(24)26-6-2)14(3)22-20(23-17)21-12-8-10-15-9-7-11-16(13-15)25-4;1-4-16-17(18(24)25-5-2)13(3)21-19(22-16)20-11-7-9-14-8-6-10-15(23)12-14/h7,9,11,13H,5-6,8,10,12H2,1-4H3,(H,21,22,23);6,8,10,12,23H,4-5,7,9,11H2,1-3H3,(H,20,21,22). The second kappa shape index (κ2) is 21.1. The monoisotopic (exact) mass is 700 g/mol. The van der Waals surface area contributed by atoms with Crippen molar-refractivity contribution in [3.8, 4) is 11.5 Å². The third kappa shape index (κ3) is 12.5. The fourth-order valence-corrected chi connectivity index (χ4v) is 5.40. The van der Waals surface area contributed by atoms with Gasteiger partial charge in [0.1, 0.15) is 22.6 Å². The summed E-state index contributed by atoms with van der Waals surface area (Å²) >= 11 is 0. The smallest absolute Gasteiger partial charge is 0.341 e. The number of phenolic OH excluding ortho intramolecular Hbond substituents is 1. The summed E-state index contributed by atoms with van der Waals surface area (Å²) in [5, 5.41) is 15.9. The SMILES string of the molecule is CCOC(=O)c1c(C)nc(NCCCc2cccc(O)c2)nc1CC.CCOC(=O)c1c(C)nc(NCCCc2cccc(OC)c2)nc1CC. The highest BCUT2D eigenvalue weighted by atomic mass is 16.5. The number of ether oxygens (including phenoxy) is 3. The van der Waals surface area contributed by atoms with Gasteiger partial charge in [-0.15, -0.1) is 0 Å². The maximum Gasteiger partial charge on any atom is 0.341 e. The van der Waals surface area contributed by atoms with Crippen molar-refractivity contribution >= 4 is 23.8 Å². The van der Waals surface area contributed by atoms with Gasteiger partial charge >= 0.3 is 11.9 Å². The molecular weight excluding hydrogens is 648 g/mol. The van der Waals surface area contributed by atoms with E-state index in [1.807, 2.05) is 51.1 Å². The van der Waals surface area contributed by atoms with Crippen LogP contribution >= 0.6 is 0 Å². The lowest BCUT2D eigenvalue weighted by Crippen LogP contribution is -2.16. The summed E-state index contributed by atoms with van der Waals surface area (Å²) in [6.07, 6.45) is 4.89. The van der Waals surface area contributed by atoms with Gasteiger partial charge in [-0.05, 0) is 102 Å². The lowest BCUT2D eigenvalue weighted by atomic mass is 10.1. The zero-order valence-corrected chi connectivity index (χ0v) is 31.0. The summed E-state index contributed by atoms with van der Waals surface area (Å²) in [7, 11) is 1.67. The van der Waals surface area contributed by atoms with E-state index in [2.05, 4.69) is 36.6 Å². The van der Waals surface area contributed by atoms with Crippen molar-refractivity contribution in [3.05, 3.63) is 93.6 Å². The summed E-state index contributed by atoms with van der Waals surface area (Å²) in [6.45, 7) is 13.2. The van der Waals surface area contributed by atoms with E-state index in [9.17, 15) is 14.7 Å². The highest BCUT2D eigenvalue weighted by molar-refractivity contribution is 5.92. The molecule has 0 unspecified atom stereocenters. The molecular formula is C39H52N6O6. The molecule has 2 aromatic heterocycles. The molecule has 4 aromatic rings. The number of aromatic hydroxyl groups is 1. The fraction of sp³-hybridized carbons (Fsp3) is 0.436. The molecule has 12 nitrogen and oxygen atoms in total. The Morgan fingerprint density at radius 2 is 1.16 bits per heavy atom. The first-order valence-corrected chi connectivity index (χ1v) is 17.6. The van der Waals surface area contributed by atoms with Crippen molar-refractivity contribution in [1.29, 1.82) is 0 Å². The Labute approximate surface area is 301 Å². The van der Waals surface area contributed by atoms with Crippen LogP contribution < -0.4 is 15.4 Å². The Morgan fingerprint density at radius 1 is 0.686 bits per heavy atom. The number of phenols is 1. The van der Waals surface area contributed by atoms with Crippen LogP contribution in [0.1, 0.15) is 95.2 Å². The second-order valence-corrected chi connectivity index (χ2v) is 11.6. The van der Waals surface area contributed by atoms with E-state index in [0.29, 0.717) is 78.4 Å². The molecule has 0 radical (unpaired) electrons. The fourth-order valence-electron chi connectivity index (χ4n) is 5.40. The number of methoxy groups -OCH3 is 1. The zero-order valence-electron chi connectivity index (χ0n) is 31.0. The summed E-state index contributed by atoms with van der Waals surface area (Å²) in [5.41, 5.74) is 5.95. The van der Waals surface area contributed by atoms with E-state index in [-0.39, 0.29) is 17.7 Å². The molecule has 0 aliphatic heterocycles. The molecule has 0 fully saturated rings. The van der Waals surface area contributed by atoms with Gasteiger partial charge in [-0.3, -0.25) is 0 Å². The molecule has 274 valence electrons. The van der Waals surface area contributed by atoms with Crippen molar-refractivity contribution < 1.29 is 28.9 Å². The van der Waals surface area contributed by atoms with Crippen LogP contribution in [0.15, 0.2) is 48.5 Å². The van der Waals surface area contributed by atoms with E-state index in [1.54, 1.807) is 40.0 Å². The van der Waals surface area contributed by atoms with Crippen molar-refractivity contribution in [1.82, 2.24) is 19.9 Å². The van der Waals surface area contributed by atoms with E-state index >= 15 is 0 Å². The van der Waals surface area contributed by atoms with Crippen molar-refractivity contribution in [3.63, 3.8) is 0 Å². The van der Waals surface area contributed by atoms with Gasteiger partial charge in [-0.1, -0.05) is 38.1 Å². The third-order valence-corrected chi connectivity index (χ3v) is 7.85. The van der Waals surface area contributed by atoms with E-state index in [0.717, 1.165) is 43.5 Å². The Balaban J connectivity index is 0.000000276. The minimum atomic E-state index is -0.368. The van der Waals surface area contributed by atoms with E-state index < -0.39 is 0 Å². The zero-order chi connectivity index (χ0) is 37.2. The molecule has 51 heavy (non-hydrogen) atoms. The number of carbonyl (C=O) groups is 2. The van der Waals surface area contributed by atoms with Crippen LogP contribution in [0.4, 0.5) is 11.9 Å². The Morgan fingerprint density at radius 3 is 1.59 bits per heavy atom. The summed E-state index contributed by atoms with van der Waals surface area (Å²) in [5.74, 6) is 1.51. The van der Waals surface area contributed by atoms with Crippen LogP contribution in [0, 0.1) is 13.8 Å². The molecule has 0 saturated carbocycles. The number of nitrogens with zero attached hydrogens (tertiary/aromatic N) is 4. The number of nitrogens with one attached hydrogen (secondary N) is 2. The molecule has 0 saturated heterocycles. The second-order valence-electron chi connectivity index (χ2n) is 11.6. The van der Waals surface area contributed by atoms with E-state index in [1.165, 1.54) is 5.56 Å². The number of aryl methyl sites for hydroxylation is 6. The van der Waals surface area contributed by atoms with Gasteiger partial charge in [0.25, 0.3) is 0 Å². The predicted octanol–water partition coefficient (Wildman–Crippen LogP) is 6.85. The quantitative estimate of drug-likeness (QED) is 0.0778. The lowest BCUT2D eigenvalue weighted by Gasteiger charge is -2.12. The first kappa shape index (κ1) is 40.2. The summed E-state index contributed by atoms with van der Waals surface area (Å²) in [4.78, 5) is 41.9. The molecule has 0 bridgehead atoms. The normalized spacial score (nSPS) is 10.5. The first-order valence-electron chi connectivity index (χ1n) is 17.6. The molecule has 2 aromatic carbocycles. The Kier molecular flexibility index (Phi) is 16.6. The van der Waals surface area contributed by atoms with Crippen LogP contribution in [0.25, 0.3) is 0 Å². The summed E-state index contributed by atoms with van der Waals surface area (Å²) in [6, 6.07) is 15.3. The molecule has 0 aliphatic carbocycles. The number of hydrogen-bond acceptors (Lipinski definition) is 12. The highest BCUT2D eigenvalue weighted by Crippen LogP contribution is 2.18. The van der Waals surface area contributed by atoms with Crippen LogP contribution in [0.5, 0.6) is 11.5 Å². The Bertz CT molecular complexity index is 1730. The number of esters is 2. The molecule has 0 atom stereocenters. The van der Waals surface area contributed by atoms with Crippen molar-refractivity contribution in [2.45, 2.75) is 80.1 Å². The third-order valence-electron chi connectivity index (χ3n) is 7.85. The average Bonchev–Trinajstić information content (AvgIpc) is 3.12. The minimum Gasteiger partial charge on any atom is -0.508 e. The summed E-state index contributed by atoms with van der Waals surface area (Å²) < 4.78 is 15.4. The van der Waals surface area contributed by atoms with Gasteiger partial charge in [-0.2, -0.15) is 0 Å². The number of rotatable bonds is 17.